The van der Waals surface area contributed by atoms with Gasteiger partial charge in [0.25, 0.3) is 0 Å². The number of ether oxygens (including phenoxy) is 1. The van der Waals surface area contributed by atoms with E-state index >= 15 is 0 Å². The van der Waals surface area contributed by atoms with E-state index in [4.69, 9.17) is 4.74 Å². The molecule has 2 N–H and O–H groups in total. The Balaban J connectivity index is 2.24. The molecule has 20 heavy (non-hydrogen) atoms. The third-order valence-electron chi connectivity index (χ3n) is 3.03. The highest BCUT2D eigenvalue weighted by molar-refractivity contribution is 7.89. The van der Waals surface area contributed by atoms with Crippen LogP contribution in [-0.2, 0) is 10.0 Å². The Morgan fingerprint density at radius 2 is 2.15 bits per heavy atom. The summed E-state index contributed by atoms with van der Waals surface area (Å²) < 4.78 is 32.4. The summed E-state index contributed by atoms with van der Waals surface area (Å²) in [4.78, 5) is 0.214. The van der Waals surface area contributed by atoms with Gasteiger partial charge in [0.15, 0.2) is 0 Å². The molecule has 6 nitrogen and oxygen atoms in total. The average molecular weight is 295 g/mol. The fraction of sp³-hybridized carbons (Fsp3) is 0.308. The van der Waals surface area contributed by atoms with E-state index in [0.717, 1.165) is 11.1 Å². The van der Waals surface area contributed by atoms with Gasteiger partial charge >= 0.3 is 0 Å². The molecule has 0 aliphatic rings. The first-order chi connectivity index (χ1) is 9.44. The van der Waals surface area contributed by atoms with E-state index in [9.17, 15) is 8.42 Å². The van der Waals surface area contributed by atoms with Gasteiger partial charge in [0.05, 0.1) is 18.2 Å². The zero-order chi connectivity index (χ0) is 14.8. The third kappa shape index (κ3) is 3.00. The van der Waals surface area contributed by atoms with Crippen LogP contribution in [0.2, 0.25) is 0 Å². The molecule has 1 aromatic carbocycles. The Kier molecular flexibility index (Phi) is 4.10. The van der Waals surface area contributed by atoms with Crippen molar-refractivity contribution in [1.82, 2.24) is 14.9 Å². The fourth-order valence-corrected chi connectivity index (χ4v) is 3.20. The Labute approximate surface area is 118 Å². The minimum atomic E-state index is -3.58. The molecule has 0 saturated heterocycles. The highest BCUT2D eigenvalue weighted by Crippen LogP contribution is 2.22. The van der Waals surface area contributed by atoms with E-state index in [-0.39, 0.29) is 10.9 Å². The van der Waals surface area contributed by atoms with Gasteiger partial charge in [-0.1, -0.05) is 0 Å². The number of H-pyrrole nitrogens is 1. The average Bonchev–Trinajstić information content (AvgIpc) is 2.92. The summed E-state index contributed by atoms with van der Waals surface area (Å²) in [6, 6.07) is 4.40. The maximum Gasteiger partial charge on any atom is 0.241 e. The van der Waals surface area contributed by atoms with Crippen LogP contribution < -0.4 is 9.46 Å². The number of hydrogen-bond donors (Lipinski definition) is 2. The molecule has 0 spiro atoms. The first-order valence-electron chi connectivity index (χ1n) is 6.09. The van der Waals surface area contributed by atoms with Crippen LogP contribution in [0, 0.1) is 6.92 Å². The number of sulfonamides is 1. The van der Waals surface area contributed by atoms with Crippen molar-refractivity contribution in [2.75, 3.05) is 7.11 Å². The summed E-state index contributed by atoms with van der Waals surface area (Å²) in [6.07, 6.45) is 3.25. The minimum Gasteiger partial charge on any atom is -0.496 e. The van der Waals surface area contributed by atoms with Crippen LogP contribution in [-0.4, -0.2) is 25.7 Å². The van der Waals surface area contributed by atoms with Crippen molar-refractivity contribution in [3.8, 4) is 5.75 Å². The van der Waals surface area contributed by atoms with Crippen LogP contribution in [0.1, 0.15) is 24.1 Å². The first kappa shape index (κ1) is 14.5. The van der Waals surface area contributed by atoms with Crippen molar-refractivity contribution in [3.63, 3.8) is 0 Å². The normalized spacial score (nSPS) is 13.2. The molecule has 0 saturated carbocycles. The number of rotatable bonds is 5. The van der Waals surface area contributed by atoms with E-state index in [2.05, 4.69) is 14.9 Å². The number of methoxy groups -OCH3 is 1. The van der Waals surface area contributed by atoms with Crippen LogP contribution >= 0.6 is 0 Å². The monoisotopic (exact) mass is 295 g/mol. The van der Waals surface area contributed by atoms with Crippen molar-refractivity contribution in [2.45, 2.75) is 24.8 Å². The molecule has 108 valence electrons. The summed E-state index contributed by atoms with van der Waals surface area (Å²) in [5.41, 5.74) is 1.55. The minimum absolute atomic E-state index is 0.214. The lowest BCUT2D eigenvalue weighted by molar-refractivity contribution is 0.411. The molecule has 2 rings (SSSR count). The highest BCUT2D eigenvalue weighted by Gasteiger charge is 2.19. The number of nitrogens with one attached hydrogen (secondary N) is 2. The number of nitrogens with zero attached hydrogens (tertiary/aromatic N) is 1. The maximum atomic E-state index is 12.3. The van der Waals surface area contributed by atoms with Gasteiger partial charge in [0.2, 0.25) is 10.0 Å². The lowest BCUT2D eigenvalue weighted by Gasteiger charge is -2.13. The molecular formula is C13H17N3O3S. The smallest absolute Gasteiger partial charge is 0.241 e. The second-order valence-corrected chi connectivity index (χ2v) is 6.22. The summed E-state index contributed by atoms with van der Waals surface area (Å²) in [7, 11) is -2.03. The quantitative estimate of drug-likeness (QED) is 0.880. The molecule has 0 aliphatic heterocycles. The maximum absolute atomic E-state index is 12.3. The van der Waals surface area contributed by atoms with Crippen LogP contribution in [0.3, 0.4) is 0 Å². The summed E-state index contributed by atoms with van der Waals surface area (Å²) in [5.74, 6) is 0.659. The lowest BCUT2D eigenvalue weighted by Crippen LogP contribution is -2.26. The molecule has 0 aliphatic carbocycles. The summed E-state index contributed by atoms with van der Waals surface area (Å²) in [5, 5.41) is 6.47. The molecule has 0 fully saturated rings. The number of aromatic nitrogens is 2. The van der Waals surface area contributed by atoms with E-state index in [1.54, 1.807) is 45.5 Å². The van der Waals surface area contributed by atoms with Crippen LogP contribution in [0.5, 0.6) is 5.75 Å². The second kappa shape index (κ2) is 5.64. The molecule has 1 aromatic heterocycles. The van der Waals surface area contributed by atoms with E-state index in [1.807, 2.05) is 0 Å². The van der Waals surface area contributed by atoms with Gasteiger partial charge in [-0.3, -0.25) is 5.10 Å². The lowest BCUT2D eigenvalue weighted by atomic mass is 10.2. The molecule has 0 bridgehead atoms. The third-order valence-corrected chi connectivity index (χ3v) is 4.57. The topological polar surface area (TPSA) is 84.1 Å². The predicted molar refractivity (Wildman–Crippen MR) is 75.1 cm³/mol. The summed E-state index contributed by atoms with van der Waals surface area (Å²) in [6.45, 7) is 3.57. The van der Waals surface area contributed by atoms with Gasteiger partial charge in [-0.15, -0.1) is 0 Å². The Hall–Kier alpha value is -1.86. The SMILES string of the molecule is COc1ccc(S(=O)(=O)NC(C)c2cn[nH]c2)cc1C. The molecule has 1 unspecified atom stereocenters. The van der Waals surface area contributed by atoms with Crippen molar-refractivity contribution in [3.05, 3.63) is 41.7 Å². The standard InChI is InChI=1S/C13H17N3O3S/c1-9-6-12(4-5-13(9)19-3)20(17,18)16-10(2)11-7-14-15-8-11/h4-8,10,16H,1-3H3,(H,14,15). The first-order valence-corrected chi connectivity index (χ1v) is 7.58. The van der Waals surface area contributed by atoms with Crippen molar-refractivity contribution >= 4 is 10.0 Å². The second-order valence-electron chi connectivity index (χ2n) is 4.51. The Morgan fingerprint density at radius 3 is 2.70 bits per heavy atom. The number of aryl methyl sites for hydroxylation is 1. The van der Waals surface area contributed by atoms with Crippen LogP contribution in [0.15, 0.2) is 35.5 Å². The Bertz CT molecular complexity index is 681. The van der Waals surface area contributed by atoms with Crippen molar-refractivity contribution < 1.29 is 13.2 Å². The van der Waals surface area contributed by atoms with Gasteiger partial charge in [-0.2, -0.15) is 5.10 Å². The van der Waals surface area contributed by atoms with Gasteiger partial charge in [-0.05, 0) is 37.6 Å². The predicted octanol–water partition coefficient (Wildman–Crippen LogP) is 1.77. The number of aromatic amines is 1. The highest BCUT2D eigenvalue weighted by atomic mass is 32.2. The van der Waals surface area contributed by atoms with Gasteiger partial charge in [0, 0.05) is 17.8 Å². The Morgan fingerprint density at radius 1 is 1.40 bits per heavy atom. The summed E-state index contributed by atoms with van der Waals surface area (Å²) >= 11 is 0. The number of hydrogen-bond acceptors (Lipinski definition) is 4. The molecule has 0 radical (unpaired) electrons. The zero-order valence-electron chi connectivity index (χ0n) is 11.5. The van der Waals surface area contributed by atoms with Crippen molar-refractivity contribution in [1.29, 1.82) is 0 Å². The molecule has 7 heteroatoms. The van der Waals surface area contributed by atoms with E-state index in [1.165, 1.54) is 6.07 Å². The van der Waals surface area contributed by atoms with E-state index in [0.29, 0.717) is 5.75 Å². The molecule has 2 aromatic rings. The van der Waals surface area contributed by atoms with Crippen LogP contribution in [0.4, 0.5) is 0 Å². The molecule has 0 amide bonds. The van der Waals surface area contributed by atoms with Gasteiger partial charge in [0.1, 0.15) is 5.75 Å². The van der Waals surface area contributed by atoms with Crippen LogP contribution in [0.25, 0.3) is 0 Å². The largest absolute Gasteiger partial charge is 0.496 e. The molecular weight excluding hydrogens is 278 g/mol. The molecule has 1 atom stereocenters. The molecule has 1 heterocycles. The zero-order valence-corrected chi connectivity index (χ0v) is 12.4. The van der Waals surface area contributed by atoms with Crippen molar-refractivity contribution in [2.24, 2.45) is 0 Å². The fourth-order valence-electron chi connectivity index (χ4n) is 1.88. The van der Waals surface area contributed by atoms with Gasteiger partial charge < -0.3 is 4.74 Å². The van der Waals surface area contributed by atoms with Gasteiger partial charge in [-0.25, -0.2) is 13.1 Å². The van der Waals surface area contributed by atoms with E-state index < -0.39 is 10.0 Å². The number of benzene rings is 1.